The van der Waals surface area contributed by atoms with E-state index in [0.29, 0.717) is 26.4 Å². The number of amides is 1. The fourth-order valence-corrected chi connectivity index (χ4v) is 3.41. The van der Waals surface area contributed by atoms with Crippen molar-refractivity contribution in [2.75, 3.05) is 7.11 Å². The Hall–Kier alpha value is -2.15. The number of hydrogen-bond acceptors (Lipinski definition) is 5. The molecule has 0 aromatic heterocycles. The highest BCUT2D eigenvalue weighted by Gasteiger charge is 2.19. The molecule has 1 aliphatic rings. The number of thioether (sulfide) groups is 1. The van der Waals surface area contributed by atoms with Gasteiger partial charge in [0.1, 0.15) is 6.61 Å². The molecule has 134 valence electrons. The number of amidine groups is 1. The summed E-state index contributed by atoms with van der Waals surface area (Å²) >= 11 is 13.2. The van der Waals surface area contributed by atoms with Gasteiger partial charge in [-0.05, 0) is 47.7 Å². The van der Waals surface area contributed by atoms with Crippen molar-refractivity contribution in [3.63, 3.8) is 0 Å². The molecule has 0 saturated heterocycles. The summed E-state index contributed by atoms with van der Waals surface area (Å²) in [4.78, 5) is 15.8. The van der Waals surface area contributed by atoms with Crippen molar-refractivity contribution in [2.24, 2.45) is 10.7 Å². The second kappa shape index (κ2) is 8.03. The third-order valence-corrected chi connectivity index (χ3v) is 4.92. The number of rotatable bonds is 5. The summed E-state index contributed by atoms with van der Waals surface area (Å²) in [6.07, 6.45) is 1.71. The van der Waals surface area contributed by atoms with E-state index in [1.54, 1.807) is 37.5 Å². The van der Waals surface area contributed by atoms with Crippen LogP contribution < -0.4 is 15.2 Å². The largest absolute Gasteiger partial charge is 0.493 e. The summed E-state index contributed by atoms with van der Waals surface area (Å²) in [5.74, 6) is 0.750. The molecule has 0 spiro atoms. The van der Waals surface area contributed by atoms with Crippen LogP contribution in [-0.4, -0.2) is 18.2 Å². The quantitative estimate of drug-likeness (QED) is 0.736. The number of hydrogen-bond donors (Lipinski definition) is 1. The van der Waals surface area contributed by atoms with Crippen LogP contribution in [0.4, 0.5) is 0 Å². The number of methoxy groups -OCH3 is 1. The maximum atomic E-state index is 11.7. The average molecular weight is 409 g/mol. The minimum absolute atomic E-state index is 0.244. The highest BCUT2D eigenvalue weighted by Crippen LogP contribution is 2.32. The normalized spacial score (nSPS) is 15.3. The first-order valence-electron chi connectivity index (χ1n) is 7.49. The van der Waals surface area contributed by atoms with Crippen molar-refractivity contribution in [1.82, 2.24) is 0 Å². The number of nitrogens with two attached hydrogens (primary N) is 1. The summed E-state index contributed by atoms with van der Waals surface area (Å²) in [5.41, 5.74) is 7.14. The molecule has 0 saturated carbocycles. The Morgan fingerprint density at radius 2 is 2.00 bits per heavy atom. The summed E-state index contributed by atoms with van der Waals surface area (Å²) < 4.78 is 11.2. The molecule has 0 aliphatic carbocycles. The Kier molecular flexibility index (Phi) is 5.76. The van der Waals surface area contributed by atoms with Crippen molar-refractivity contribution < 1.29 is 14.3 Å². The molecule has 5 nitrogen and oxygen atoms in total. The predicted molar refractivity (Wildman–Crippen MR) is 106 cm³/mol. The summed E-state index contributed by atoms with van der Waals surface area (Å²) in [6.45, 7) is 0.269. The van der Waals surface area contributed by atoms with Crippen molar-refractivity contribution in [3.05, 3.63) is 62.5 Å². The van der Waals surface area contributed by atoms with Gasteiger partial charge in [-0.2, -0.15) is 4.99 Å². The number of carbonyl (C=O) groups excluding carboxylic acids is 1. The zero-order valence-corrected chi connectivity index (χ0v) is 16.0. The van der Waals surface area contributed by atoms with Crippen LogP contribution >= 0.6 is 35.0 Å². The maximum Gasteiger partial charge on any atom is 0.286 e. The Labute approximate surface area is 164 Å². The molecule has 3 rings (SSSR count). The third-order valence-electron chi connectivity index (χ3n) is 3.52. The Bertz CT molecular complexity index is 929. The summed E-state index contributed by atoms with van der Waals surface area (Å²) in [6, 6.07) is 10.6. The van der Waals surface area contributed by atoms with Gasteiger partial charge in [-0.1, -0.05) is 35.3 Å². The molecule has 8 heteroatoms. The molecule has 0 bridgehead atoms. The Morgan fingerprint density at radius 3 is 2.65 bits per heavy atom. The molecule has 1 heterocycles. The third kappa shape index (κ3) is 4.33. The lowest BCUT2D eigenvalue weighted by Gasteiger charge is -2.12. The molecule has 2 aromatic rings. The van der Waals surface area contributed by atoms with E-state index in [2.05, 4.69) is 4.99 Å². The highest BCUT2D eigenvalue weighted by atomic mass is 35.5. The van der Waals surface area contributed by atoms with Crippen LogP contribution in [0.25, 0.3) is 6.08 Å². The van der Waals surface area contributed by atoms with E-state index in [0.717, 1.165) is 22.9 Å². The van der Waals surface area contributed by atoms with Crippen LogP contribution in [-0.2, 0) is 11.4 Å². The zero-order chi connectivity index (χ0) is 18.7. The molecule has 1 aliphatic heterocycles. The SMILES string of the molecule is COc1cc(/C=C2/SC(N)=NC2=O)ccc1OCc1ccc(Cl)cc1Cl. The molecule has 0 unspecified atom stereocenters. The molecule has 2 N–H and O–H groups in total. The molecule has 0 atom stereocenters. The molecule has 2 aromatic carbocycles. The first-order chi connectivity index (χ1) is 12.5. The Morgan fingerprint density at radius 1 is 1.19 bits per heavy atom. The monoisotopic (exact) mass is 408 g/mol. The summed E-state index contributed by atoms with van der Waals surface area (Å²) in [5, 5.41) is 1.35. The number of aliphatic imine (C=N–C) groups is 1. The minimum atomic E-state index is -0.343. The van der Waals surface area contributed by atoms with E-state index in [1.807, 2.05) is 12.1 Å². The van der Waals surface area contributed by atoms with E-state index in [4.69, 9.17) is 38.4 Å². The number of benzene rings is 2. The van der Waals surface area contributed by atoms with Crippen LogP contribution in [0.5, 0.6) is 11.5 Å². The molecule has 26 heavy (non-hydrogen) atoms. The van der Waals surface area contributed by atoms with Gasteiger partial charge in [-0.15, -0.1) is 0 Å². The molecular formula is C18H14Cl2N2O3S. The van der Waals surface area contributed by atoms with E-state index in [9.17, 15) is 4.79 Å². The number of halogens is 2. The number of carbonyl (C=O) groups is 1. The van der Waals surface area contributed by atoms with Gasteiger partial charge in [0.2, 0.25) is 0 Å². The highest BCUT2D eigenvalue weighted by molar-refractivity contribution is 8.18. The zero-order valence-electron chi connectivity index (χ0n) is 13.7. The van der Waals surface area contributed by atoms with Crippen LogP contribution in [0.3, 0.4) is 0 Å². The van der Waals surface area contributed by atoms with Gasteiger partial charge >= 0.3 is 0 Å². The van der Waals surface area contributed by atoms with Crippen LogP contribution in [0, 0.1) is 0 Å². The molecule has 0 radical (unpaired) electrons. The van der Waals surface area contributed by atoms with E-state index in [-0.39, 0.29) is 17.7 Å². The molecule has 1 amide bonds. The Balaban J connectivity index is 1.77. The maximum absolute atomic E-state index is 11.7. The lowest BCUT2D eigenvalue weighted by atomic mass is 10.2. The van der Waals surface area contributed by atoms with E-state index < -0.39 is 0 Å². The van der Waals surface area contributed by atoms with E-state index >= 15 is 0 Å². The predicted octanol–water partition coefficient (Wildman–Crippen LogP) is 4.51. The van der Waals surface area contributed by atoms with Gasteiger partial charge in [0.15, 0.2) is 16.7 Å². The fourth-order valence-electron chi connectivity index (χ4n) is 2.26. The molecule has 0 fully saturated rings. The second-order valence-electron chi connectivity index (χ2n) is 5.30. The van der Waals surface area contributed by atoms with Crippen LogP contribution in [0.2, 0.25) is 10.0 Å². The number of ether oxygens (including phenoxy) is 2. The fraction of sp³-hybridized carbons (Fsp3) is 0.111. The molecular weight excluding hydrogens is 395 g/mol. The van der Waals surface area contributed by atoms with Gasteiger partial charge in [0.05, 0.1) is 12.0 Å². The number of nitrogens with zero attached hydrogens (tertiary/aromatic N) is 1. The lowest BCUT2D eigenvalue weighted by molar-refractivity contribution is -0.113. The average Bonchev–Trinajstić information content (AvgIpc) is 2.92. The van der Waals surface area contributed by atoms with Crippen molar-refractivity contribution in [3.8, 4) is 11.5 Å². The van der Waals surface area contributed by atoms with Gasteiger partial charge < -0.3 is 15.2 Å². The van der Waals surface area contributed by atoms with Gasteiger partial charge in [-0.25, -0.2) is 0 Å². The van der Waals surface area contributed by atoms with Gasteiger partial charge in [0.25, 0.3) is 5.91 Å². The standard InChI is InChI=1S/C18H14Cl2N2O3S/c1-24-15-6-10(7-16-17(23)22-18(21)26-16)2-5-14(15)25-9-11-3-4-12(19)8-13(11)20/h2-8H,9H2,1H3,(H2,21,22,23)/b16-7+. The van der Waals surface area contributed by atoms with Crippen LogP contribution in [0.15, 0.2) is 46.3 Å². The topological polar surface area (TPSA) is 73.9 Å². The van der Waals surface area contributed by atoms with Crippen molar-refractivity contribution in [1.29, 1.82) is 0 Å². The summed E-state index contributed by atoms with van der Waals surface area (Å²) in [7, 11) is 1.55. The first-order valence-corrected chi connectivity index (χ1v) is 9.06. The van der Waals surface area contributed by atoms with Gasteiger partial charge in [-0.3, -0.25) is 4.79 Å². The van der Waals surface area contributed by atoms with Crippen molar-refractivity contribution >= 4 is 52.1 Å². The lowest BCUT2D eigenvalue weighted by Crippen LogP contribution is -2.01. The minimum Gasteiger partial charge on any atom is -0.493 e. The van der Waals surface area contributed by atoms with Gasteiger partial charge in [0, 0.05) is 15.6 Å². The smallest absolute Gasteiger partial charge is 0.286 e. The van der Waals surface area contributed by atoms with E-state index in [1.165, 1.54) is 0 Å². The van der Waals surface area contributed by atoms with Crippen LogP contribution in [0.1, 0.15) is 11.1 Å². The second-order valence-corrected chi connectivity index (χ2v) is 7.21. The van der Waals surface area contributed by atoms with Crippen molar-refractivity contribution in [2.45, 2.75) is 6.61 Å². The first kappa shape index (κ1) is 18.6.